The number of thioether (sulfide) groups is 1. The molecule has 0 aromatic carbocycles. The molecule has 0 bridgehead atoms. The van der Waals surface area contributed by atoms with Crippen LogP contribution in [0.4, 0.5) is 0 Å². The summed E-state index contributed by atoms with van der Waals surface area (Å²) in [6.45, 7) is 2.07. The Hall–Kier alpha value is 0.01000. The minimum atomic E-state index is -0.144. The van der Waals surface area contributed by atoms with Crippen molar-refractivity contribution in [2.75, 3.05) is 5.75 Å². The second-order valence-electron chi connectivity index (χ2n) is 4.04. The Balaban J connectivity index is 2.03. The lowest BCUT2D eigenvalue weighted by Crippen LogP contribution is -2.30. The first kappa shape index (κ1) is 11.5. The number of Topliss-reactive ketones (excluding diaryl/α,β-unsaturated/α-hetero) is 1. The summed E-state index contributed by atoms with van der Waals surface area (Å²) < 4.78 is 0.621. The average Bonchev–Trinajstić information content (AvgIpc) is 2.76. The third-order valence-corrected chi connectivity index (χ3v) is 5.50. The molecule has 0 radical (unpaired) electrons. The highest BCUT2D eigenvalue weighted by Crippen LogP contribution is 2.39. The van der Waals surface area contributed by atoms with Crippen molar-refractivity contribution >= 4 is 40.5 Å². The van der Waals surface area contributed by atoms with Gasteiger partial charge in [-0.05, 0) is 42.5 Å². The molecule has 1 aromatic heterocycles. The highest BCUT2D eigenvalue weighted by molar-refractivity contribution is 8.01. The van der Waals surface area contributed by atoms with E-state index in [1.54, 1.807) is 11.8 Å². The van der Waals surface area contributed by atoms with Gasteiger partial charge >= 0.3 is 0 Å². The maximum absolute atomic E-state index is 12.1. The van der Waals surface area contributed by atoms with Crippen molar-refractivity contribution in [3.8, 4) is 0 Å². The van der Waals surface area contributed by atoms with E-state index in [0.717, 1.165) is 28.5 Å². The van der Waals surface area contributed by atoms with Crippen molar-refractivity contribution in [3.63, 3.8) is 0 Å². The van der Waals surface area contributed by atoms with Gasteiger partial charge in [0.2, 0.25) is 0 Å². The summed E-state index contributed by atoms with van der Waals surface area (Å²) in [5, 5.41) is 1.98. The molecule has 1 aliphatic heterocycles. The van der Waals surface area contributed by atoms with Crippen molar-refractivity contribution in [2.45, 2.75) is 30.9 Å². The van der Waals surface area contributed by atoms with Crippen molar-refractivity contribution in [1.29, 1.82) is 0 Å². The zero-order valence-corrected chi connectivity index (χ0v) is 11.0. The first-order valence-electron chi connectivity index (χ1n) is 5.00. The Morgan fingerprint density at radius 1 is 1.67 bits per heavy atom. The molecule has 0 amide bonds. The van der Waals surface area contributed by atoms with Gasteiger partial charge in [-0.25, -0.2) is 0 Å². The number of halogens is 1. The first-order valence-corrected chi connectivity index (χ1v) is 7.25. The molecule has 0 aliphatic carbocycles. The van der Waals surface area contributed by atoms with Crippen LogP contribution in [-0.4, -0.2) is 16.3 Å². The van der Waals surface area contributed by atoms with Gasteiger partial charge in [0.15, 0.2) is 5.78 Å². The summed E-state index contributed by atoms with van der Waals surface area (Å²) in [6, 6.07) is 1.90. The van der Waals surface area contributed by atoms with Crippen LogP contribution in [0.15, 0.2) is 11.4 Å². The third kappa shape index (κ3) is 2.58. The van der Waals surface area contributed by atoms with Gasteiger partial charge < -0.3 is 0 Å². The minimum Gasteiger partial charge on any atom is -0.298 e. The van der Waals surface area contributed by atoms with Gasteiger partial charge in [0, 0.05) is 6.42 Å². The Morgan fingerprint density at radius 2 is 2.47 bits per heavy atom. The number of thiophene rings is 1. The molecule has 1 unspecified atom stereocenters. The van der Waals surface area contributed by atoms with Gasteiger partial charge in [-0.3, -0.25) is 4.79 Å². The van der Waals surface area contributed by atoms with Crippen LogP contribution >= 0.6 is 34.7 Å². The molecule has 0 N–H and O–H groups in total. The van der Waals surface area contributed by atoms with E-state index in [1.165, 1.54) is 11.3 Å². The van der Waals surface area contributed by atoms with Gasteiger partial charge in [0.05, 0.1) is 9.08 Å². The van der Waals surface area contributed by atoms with Crippen LogP contribution in [0.25, 0.3) is 0 Å². The molecule has 0 saturated carbocycles. The van der Waals surface area contributed by atoms with Gasteiger partial charge in [-0.2, -0.15) is 0 Å². The largest absolute Gasteiger partial charge is 0.298 e. The monoisotopic (exact) mass is 260 g/mol. The first-order chi connectivity index (χ1) is 7.10. The quantitative estimate of drug-likeness (QED) is 0.822. The van der Waals surface area contributed by atoms with E-state index in [9.17, 15) is 4.79 Å². The molecular weight excluding hydrogens is 248 g/mol. The molecule has 4 heteroatoms. The standard InChI is InChI=1S/C11H13ClOS2/c1-11(3-2-4-15-11)9(13)5-8-6-10(12)14-7-8/h6-7H,2-5H2,1H3. The number of rotatable bonds is 3. The molecule has 1 fully saturated rings. The lowest BCUT2D eigenvalue weighted by Gasteiger charge is -2.20. The SMILES string of the molecule is CC1(C(=O)Cc2csc(Cl)c2)CCCS1. The summed E-state index contributed by atoms with van der Waals surface area (Å²) in [7, 11) is 0. The minimum absolute atomic E-state index is 0.144. The fourth-order valence-electron chi connectivity index (χ4n) is 1.81. The maximum atomic E-state index is 12.1. The van der Waals surface area contributed by atoms with E-state index in [2.05, 4.69) is 6.92 Å². The highest BCUT2D eigenvalue weighted by atomic mass is 35.5. The smallest absolute Gasteiger partial charge is 0.152 e. The molecular formula is C11H13ClOS2. The van der Waals surface area contributed by atoms with E-state index in [-0.39, 0.29) is 4.75 Å². The topological polar surface area (TPSA) is 17.1 Å². The van der Waals surface area contributed by atoms with E-state index in [1.807, 2.05) is 11.4 Å². The Morgan fingerprint density at radius 3 is 3.00 bits per heavy atom. The molecule has 2 rings (SSSR count). The molecule has 1 aromatic rings. The van der Waals surface area contributed by atoms with Gasteiger partial charge in [0.25, 0.3) is 0 Å². The fraction of sp³-hybridized carbons (Fsp3) is 0.545. The molecule has 0 spiro atoms. The van der Waals surface area contributed by atoms with E-state index >= 15 is 0 Å². The van der Waals surface area contributed by atoms with Crippen LogP contribution in [0.1, 0.15) is 25.3 Å². The maximum Gasteiger partial charge on any atom is 0.152 e. The Kier molecular flexibility index (Phi) is 3.43. The summed E-state index contributed by atoms with van der Waals surface area (Å²) in [5.74, 6) is 1.46. The average molecular weight is 261 g/mol. The highest BCUT2D eigenvalue weighted by Gasteiger charge is 2.36. The van der Waals surface area contributed by atoms with Crippen molar-refractivity contribution in [1.82, 2.24) is 0 Å². The number of carbonyl (C=O) groups is 1. The van der Waals surface area contributed by atoms with E-state index in [4.69, 9.17) is 11.6 Å². The van der Waals surface area contributed by atoms with Crippen LogP contribution in [0.2, 0.25) is 4.34 Å². The summed E-state index contributed by atoms with van der Waals surface area (Å²) in [5.41, 5.74) is 1.06. The predicted molar refractivity (Wildman–Crippen MR) is 68.1 cm³/mol. The van der Waals surface area contributed by atoms with Gasteiger partial charge in [-0.15, -0.1) is 23.1 Å². The molecule has 1 atom stereocenters. The van der Waals surface area contributed by atoms with Crippen molar-refractivity contribution in [2.24, 2.45) is 0 Å². The van der Waals surface area contributed by atoms with Crippen LogP contribution in [0, 0.1) is 0 Å². The summed E-state index contributed by atoms with van der Waals surface area (Å²) in [6.07, 6.45) is 2.72. The van der Waals surface area contributed by atoms with E-state index < -0.39 is 0 Å². The van der Waals surface area contributed by atoms with Crippen molar-refractivity contribution < 1.29 is 4.79 Å². The van der Waals surface area contributed by atoms with Gasteiger partial charge in [0.1, 0.15) is 0 Å². The summed E-state index contributed by atoms with van der Waals surface area (Å²) >= 11 is 9.13. The number of hydrogen-bond acceptors (Lipinski definition) is 3. The number of hydrogen-bond donors (Lipinski definition) is 0. The lowest BCUT2D eigenvalue weighted by atomic mass is 9.96. The van der Waals surface area contributed by atoms with Crippen LogP contribution in [0.3, 0.4) is 0 Å². The normalized spacial score (nSPS) is 25.7. The van der Waals surface area contributed by atoms with Crippen LogP contribution in [0.5, 0.6) is 0 Å². The van der Waals surface area contributed by atoms with Gasteiger partial charge in [-0.1, -0.05) is 11.6 Å². The Labute approximate surface area is 103 Å². The predicted octanol–water partition coefficient (Wildman–Crippen LogP) is 3.80. The molecule has 2 heterocycles. The second kappa shape index (κ2) is 4.48. The van der Waals surface area contributed by atoms with E-state index in [0.29, 0.717) is 12.2 Å². The molecule has 15 heavy (non-hydrogen) atoms. The van der Waals surface area contributed by atoms with Crippen LogP contribution in [-0.2, 0) is 11.2 Å². The lowest BCUT2D eigenvalue weighted by molar-refractivity contribution is -0.120. The summed E-state index contributed by atoms with van der Waals surface area (Å²) in [4.78, 5) is 12.1. The van der Waals surface area contributed by atoms with Crippen molar-refractivity contribution in [3.05, 3.63) is 21.3 Å². The number of carbonyl (C=O) groups excluding carboxylic acids is 1. The number of ketones is 1. The van der Waals surface area contributed by atoms with Crippen LogP contribution < -0.4 is 0 Å². The second-order valence-corrected chi connectivity index (χ2v) is 7.18. The zero-order valence-electron chi connectivity index (χ0n) is 8.59. The molecule has 1 saturated heterocycles. The molecule has 1 nitrogen and oxygen atoms in total. The fourth-order valence-corrected chi connectivity index (χ4v) is 3.98. The third-order valence-electron chi connectivity index (χ3n) is 2.80. The zero-order chi connectivity index (χ0) is 10.9. The Bertz CT molecular complexity index is 366. The molecule has 1 aliphatic rings. The molecule has 82 valence electrons.